The molecule has 1 aliphatic heterocycles. The second-order valence-corrected chi connectivity index (χ2v) is 4.84. The first-order valence-electron chi connectivity index (χ1n) is 6.80. The van der Waals surface area contributed by atoms with E-state index in [1.54, 1.807) is 5.01 Å². The molecule has 100 valence electrons. The molecule has 0 aliphatic carbocycles. The molecule has 0 radical (unpaired) electrons. The maximum Gasteiger partial charge on any atom is 0.247 e. The quantitative estimate of drug-likeness (QED) is 0.839. The van der Waals surface area contributed by atoms with Gasteiger partial charge in [-0.2, -0.15) is 5.10 Å². The topological polar surface area (TPSA) is 32.7 Å². The van der Waals surface area contributed by atoms with Gasteiger partial charge in [-0.15, -0.1) is 0 Å². The summed E-state index contributed by atoms with van der Waals surface area (Å²) >= 11 is 0. The Balaban J connectivity index is 1.70. The fourth-order valence-corrected chi connectivity index (χ4v) is 2.33. The van der Waals surface area contributed by atoms with E-state index in [-0.39, 0.29) is 5.91 Å². The summed E-state index contributed by atoms with van der Waals surface area (Å²) in [6.45, 7) is 0.676. The van der Waals surface area contributed by atoms with Crippen molar-refractivity contribution in [3.63, 3.8) is 0 Å². The highest BCUT2D eigenvalue weighted by molar-refractivity contribution is 6.02. The van der Waals surface area contributed by atoms with Crippen molar-refractivity contribution in [2.24, 2.45) is 5.10 Å². The molecule has 3 nitrogen and oxygen atoms in total. The summed E-state index contributed by atoms with van der Waals surface area (Å²) in [5.74, 6) is 0.0575. The normalized spacial score (nSPS) is 14.2. The summed E-state index contributed by atoms with van der Waals surface area (Å²) in [5, 5.41) is 6.05. The number of carbonyl (C=O) groups is 1. The van der Waals surface area contributed by atoms with E-state index < -0.39 is 0 Å². The fraction of sp³-hybridized carbons (Fsp3) is 0.176. The molecule has 1 amide bonds. The van der Waals surface area contributed by atoms with Crippen LogP contribution in [0.2, 0.25) is 0 Å². The molecule has 1 aliphatic rings. The Hall–Kier alpha value is -2.42. The minimum Gasteiger partial charge on any atom is -0.273 e. The third kappa shape index (κ3) is 2.77. The molecule has 0 unspecified atom stereocenters. The number of hydrogen-bond acceptors (Lipinski definition) is 2. The van der Waals surface area contributed by atoms with Crippen LogP contribution in [0.25, 0.3) is 0 Å². The lowest BCUT2D eigenvalue weighted by atomic mass is 10.1. The molecule has 0 N–H and O–H groups in total. The summed E-state index contributed by atoms with van der Waals surface area (Å²) < 4.78 is 0. The van der Waals surface area contributed by atoms with Crippen molar-refractivity contribution in [1.29, 1.82) is 0 Å². The number of hydrazone groups is 1. The molecular weight excluding hydrogens is 248 g/mol. The van der Waals surface area contributed by atoms with E-state index in [0.29, 0.717) is 13.0 Å². The van der Waals surface area contributed by atoms with Gasteiger partial charge in [0.2, 0.25) is 5.91 Å². The predicted molar refractivity (Wildman–Crippen MR) is 79.5 cm³/mol. The number of hydrogen-bond donors (Lipinski definition) is 0. The molecule has 2 aromatic rings. The van der Waals surface area contributed by atoms with Crippen LogP contribution in [0, 0.1) is 0 Å². The van der Waals surface area contributed by atoms with Gasteiger partial charge in [0.05, 0.1) is 18.7 Å². The van der Waals surface area contributed by atoms with Gasteiger partial charge in [-0.1, -0.05) is 60.7 Å². The zero-order chi connectivity index (χ0) is 13.8. The molecular formula is C17H16N2O. The SMILES string of the molecule is O=C(Cc1ccccc1)N1CCC(c2ccccc2)=N1. The van der Waals surface area contributed by atoms with Crippen LogP contribution in [0.3, 0.4) is 0 Å². The van der Waals surface area contributed by atoms with E-state index in [9.17, 15) is 4.79 Å². The van der Waals surface area contributed by atoms with Gasteiger partial charge >= 0.3 is 0 Å². The molecule has 0 spiro atoms. The van der Waals surface area contributed by atoms with Gasteiger partial charge in [0, 0.05) is 6.42 Å². The van der Waals surface area contributed by atoms with Gasteiger partial charge in [0.1, 0.15) is 0 Å². The summed E-state index contributed by atoms with van der Waals surface area (Å²) in [4.78, 5) is 12.2. The van der Waals surface area contributed by atoms with E-state index in [0.717, 1.165) is 23.3 Å². The molecule has 0 fully saturated rings. The third-order valence-electron chi connectivity index (χ3n) is 3.39. The highest BCUT2D eigenvalue weighted by atomic mass is 16.2. The molecule has 0 bridgehead atoms. The number of benzene rings is 2. The fourth-order valence-electron chi connectivity index (χ4n) is 2.33. The van der Waals surface area contributed by atoms with Crippen LogP contribution in [0.15, 0.2) is 65.8 Å². The average Bonchev–Trinajstić information content (AvgIpc) is 2.99. The van der Waals surface area contributed by atoms with E-state index in [4.69, 9.17) is 0 Å². The van der Waals surface area contributed by atoms with Gasteiger partial charge < -0.3 is 0 Å². The Kier molecular flexibility index (Phi) is 3.59. The molecule has 20 heavy (non-hydrogen) atoms. The highest BCUT2D eigenvalue weighted by Crippen LogP contribution is 2.15. The lowest BCUT2D eigenvalue weighted by Crippen LogP contribution is -2.25. The second kappa shape index (κ2) is 5.70. The summed E-state index contributed by atoms with van der Waals surface area (Å²) in [6.07, 6.45) is 1.23. The summed E-state index contributed by atoms with van der Waals surface area (Å²) in [5.41, 5.74) is 3.12. The lowest BCUT2D eigenvalue weighted by Gasteiger charge is -2.11. The van der Waals surface area contributed by atoms with Crippen molar-refractivity contribution >= 4 is 11.6 Å². The van der Waals surface area contributed by atoms with Crippen molar-refractivity contribution in [2.75, 3.05) is 6.54 Å². The van der Waals surface area contributed by atoms with Gasteiger partial charge in [0.25, 0.3) is 0 Å². The maximum absolute atomic E-state index is 12.2. The summed E-state index contributed by atoms with van der Waals surface area (Å²) in [6, 6.07) is 19.8. The Bertz CT molecular complexity index is 620. The molecule has 0 saturated heterocycles. The van der Waals surface area contributed by atoms with E-state index in [2.05, 4.69) is 5.10 Å². The summed E-state index contributed by atoms with van der Waals surface area (Å²) in [7, 11) is 0. The first-order valence-corrected chi connectivity index (χ1v) is 6.80. The molecule has 3 heteroatoms. The van der Waals surface area contributed by atoms with Crippen LogP contribution in [0.1, 0.15) is 17.5 Å². The monoisotopic (exact) mass is 264 g/mol. The lowest BCUT2D eigenvalue weighted by molar-refractivity contribution is -0.130. The standard InChI is InChI=1S/C17H16N2O/c20-17(13-14-7-3-1-4-8-14)19-12-11-16(18-19)15-9-5-2-6-10-15/h1-10H,11-13H2. The molecule has 2 aromatic carbocycles. The average molecular weight is 264 g/mol. The Morgan fingerprint density at radius 1 is 1.00 bits per heavy atom. The molecule has 1 heterocycles. The van der Waals surface area contributed by atoms with Crippen LogP contribution in [-0.2, 0) is 11.2 Å². The molecule has 0 atom stereocenters. The van der Waals surface area contributed by atoms with Crippen molar-refractivity contribution < 1.29 is 4.79 Å². The van der Waals surface area contributed by atoms with E-state index in [1.165, 1.54) is 0 Å². The van der Waals surface area contributed by atoms with Gasteiger partial charge in [-0.3, -0.25) is 4.79 Å². The molecule has 0 saturated carbocycles. The van der Waals surface area contributed by atoms with Crippen LogP contribution >= 0.6 is 0 Å². The van der Waals surface area contributed by atoms with Gasteiger partial charge in [0.15, 0.2) is 0 Å². The predicted octanol–water partition coefficient (Wildman–Crippen LogP) is 2.87. The smallest absolute Gasteiger partial charge is 0.247 e. The van der Waals surface area contributed by atoms with Crippen molar-refractivity contribution in [3.05, 3.63) is 71.8 Å². The van der Waals surface area contributed by atoms with Crippen molar-refractivity contribution in [3.8, 4) is 0 Å². The molecule has 3 rings (SSSR count). The van der Waals surface area contributed by atoms with Gasteiger partial charge in [-0.05, 0) is 11.1 Å². The van der Waals surface area contributed by atoms with Gasteiger partial charge in [-0.25, -0.2) is 5.01 Å². The van der Waals surface area contributed by atoms with Crippen LogP contribution in [0.4, 0.5) is 0 Å². The molecule has 0 aromatic heterocycles. The largest absolute Gasteiger partial charge is 0.273 e. The van der Waals surface area contributed by atoms with Crippen molar-refractivity contribution in [2.45, 2.75) is 12.8 Å². The van der Waals surface area contributed by atoms with Crippen molar-refractivity contribution in [1.82, 2.24) is 5.01 Å². The minimum absolute atomic E-state index is 0.0575. The third-order valence-corrected chi connectivity index (χ3v) is 3.39. The first-order chi connectivity index (χ1) is 9.83. The first kappa shape index (κ1) is 12.6. The van der Waals surface area contributed by atoms with E-state index in [1.807, 2.05) is 60.7 Å². The second-order valence-electron chi connectivity index (χ2n) is 4.84. The highest BCUT2D eigenvalue weighted by Gasteiger charge is 2.21. The zero-order valence-corrected chi connectivity index (χ0v) is 11.2. The number of rotatable bonds is 3. The Labute approximate surface area is 118 Å². The Morgan fingerprint density at radius 3 is 2.35 bits per heavy atom. The number of carbonyl (C=O) groups excluding carboxylic acids is 1. The van der Waals surface area contributed by atoms with Crippen LogP contribution < -0.4 is 0 Å². The van der Waals surface area contributed by atoms with E-state index >= 15 is 0 Å². The number of nitrogens with zero attached hydrogens (tertiary/aromatic N) is 2. The van der Waals surface area contributed by atoms with Crippen LogP contribution in [-0.4, -0.2) is 23.2 Å². The van der Waals surface area contributed by atoms with Crippen LogP contribution in [0.5, 0.6) is 0 Å². The minimum atomic E-state index is 0.0575. The zero-order valence-electron chi connectivity index (χ0n) is 11.2. The number of amides is 1. The Morgan fingerprint density at radius 2 is 1.65 bits per heavy atom. The maximum atomic E-state index is 12.2.